The van der Waals surface area contributed by atoms with E-state index in [0.717, 1.165) is 4.90 Å². The summed E-state index contributed by atoms with van der Waals surface area (Å²) in [6, 6.07) is 5.00. The fourth-order valence-corrected chi connectivity index (χ4v) is 3.98. The SMILES string of the molecule is CC[C@H]1S[C@H](CC)C(=O)N(CC(=O)Nc2cc(OC)ccc2OC)C1=O. The van der Waals surface area contributed by atoms with Crippen LogP contribution in [0.1, 0.15) is 26.7 Å². The molecule has 8 heteroatoms. The molecule has 1 heterocycles. The van der Waals surface area contributed by atoms with Gasteiger partial charge < -0.3 is 14.8 Å². The highest BCUT2D eigenvalue weighted by Crippen LogP contribution is 2.32. The Kier molecular flexibility index (Phi) is 6.90. The van der Waals surface area contributed by atoms with Gasteiger partial charge in [0.1, 0.15) is 18.0 Å². The molecule has 1 aromatic rings. The number of nitrogens with one attached hydrogen (secondary N) is 1. The fraction of sp³-hybridized carbons (Fsp3) is 0.500. The van der Waals surface area contributed by atoms with E-state index in [0.29, 0.717) is 30.0 Å². The molecule has 0 radical (unpaired) electrons. The standard InChI is InChI=1S/C18H24N2O5S/c1-5-14-17(22)20(18(23)15(6-2)26-14)10-16(21)19-12-9-11(24-3)7-8-13(12)25-4/h7-9,14-15H,5-6,10H2,1-4H3,(H,19,21)/t14-,15-/m1/s1. The van der Waals surface area contributed by atoms with Crippen molar-refractivity contribution < 1.29 is 23.9 Å². The second-order valence-electron chi connectivity index (χ2n) is 5.81. The Balaban J connectivity index is 2.15. The summed E-state index contributed by atoms with van der Waals surface area (Å²) in [6.45, 7) is 3.49. The monoisotopic (exact) mass is 380 g/mol. The maximum absolute atomic E-state index is 12.5. The minimum Gasteiger partial charge on any atom is -0.497 e. The van der Waals surface area contributed by atoms with Crippen molar-refractivity contribution in [1.82, 2.24) is 4.90 Å². The number of thioether (sulfide) groups is 1. The number of amides is 3. The number of rotatable bonds is 7. The Hall–Kier alpha value is -2.22. The first kappa shape index (κ1) is 20.1. The Morgan fingerprint density at radius 3 is 2.23 bits per heavy atom. The number of imide groups is 1. The number of carbonyl (C=O) groups is 3. The Morgan fingerprint density at radius 2 is 1.73 bits per heavy atom. The minimum absolute atomic E-state index is 0.295. The molecule has 1 fully saturated rings. The van der Waals surface area contributed by atoms with E-state index < -0.39 is 5.91 Å². The Bertz CT molecular complexity index is 672. The van der Waals surface area contributed by atoms with Crippen molar-refractivity contribution in [3.63, 3.8) is 0 Å². The summed E-state index contributed by atoms with van der Waals surface area (Å²) in [7, 11) is 3.01. The van der Waals surface area contributed by atoms with Gasteiger partial charge in [-0.3, -0.25) is 19.3 Å². The van der Waals surface area contributed by atoms with E-state index in [1.807, 2.05) is 13.8 Å². The van der Waals surface area contributed by atoms with Crippen LogP contribution in [-0.4, -0.2) is 53.9 Å². The lowest BCUT2D eigenvalue weighted by Crippen LogP contribution is -2.53. The molecule has 1 N–H and O–H groups in total. The van der Waals surface area contributed by atoms with Gasteiger partial charge in [-0.2, -0.15) is 0 Å². The van der Waals surface area contributed by atoms with Gasteiger partial charge in [0.05, 0.1) is 30.4 Å². The Morgan fingerprint density at radius 1 is 1.12 bits per heavy atom. The first-order valence-corrected chi connectivity index (χ1v) is 9.41. The zero-order valence-electron chi connectivity index (χ0n) is 15.4. The summed E-state index contributed by atoms with van der Waals surface area (Å²) in [5.74, 6) is -0.0571. The van der Waals surface area contributed by atoms with Crippen molar-refractivity contribution in [2.75, 3.05) is 26.1 Å². The second-order valence-corrected chi connectivity index (χ2v) is 7.22. The summed E-state index contributed by atoms with van der Waals surface area (Å²) in [4.78, 5) is 38.5. The van der Waals surface area contributed by atoms with Crippen LogP contribution in [-0.2, 0) is 14.4 Å². The summed E-state index contributed by atoms with van der Waals surface area (Å²) in [5.41, 5.74) is 0.419. The molecule has 0 unspecified atom stereocenters. The van der Waals surface area contributed by atoms with E-state index in [2.05, 4.69) is 5.32 Å². The van der Waals surface area contributed by atoms with Gasteiger partial charge >= 0.3 is 0 Å². The maximum Gasteiger partial charge on any atom is 0.244 e. The molecule has 7 nitrogen and oxygen atoms in total. The molecule has 3 amide bonds. The summed E-state index contributed by atoms with van der Waals surface area (Å²) < 4.78 is 10.4. The molecule has 142 valence electrons. The van der Waals surface area contributed by atoms with Gasteiger partial charge in [-0.25, -0.2) is 0 Å². The average molecular weight is 380 g/mol. The molecule has 1 aromatic carbocycles. The van der Waals surface area contributed by atoms with Gasteiger partial charge in [0.25, 0.3) is 0 Å². The molecule has 0 saturated carbocycles. The molecule has 0 aliphatic carbocycles. The fourth-order valence-electron chi connectivity index (χ4n) is 2.71. The van der Waals surface area contributed by atoms with Crippen LogP contribution >= 0.6 is 11.8 Å². The molecule has 2 atom stereocenters. The third-order valence-electron chi connectivity index (χ3n) is 4.14. The molecule has 26 heavy (non-hydrogen) atoms. The van der Waals surface area contributed by atoms with Crippen LogP contribution in [0.5, 0.6) is 11.5 Å². The van der Waals surface area contributed by atoms with Crippen LogP contribution in [0.15, 0.2) is 18.2 Å². The Labute approximate surface area is 157 Å². The number of benzene rings is 1. The number of carbonyl (C=O) groups excluding carboxylic acids is 3. The summed E-state index contributed by atoms with van der Waals surface area (Å²) in [5, 5.41) is 2.10. The third-order valence-corrected chi connectivity index (χ3v) is 5.86. The zero-order chi connectivity index (χ0) is 19.3. The predicted octanol–water partition coefficient (Wildman–Crippen LogP) is 2.30. The van der Waals surface area contributed by atoms with Gasteiger partial charge in [0, 0.05) is 6.07 Å². The van der Waals surface area contributed by atoms with Gasteiger partial charge in [-0.05, 0) is 25.0 Å². The molecular weight excluding hydrogens is 356 g/mol. The largest absolute Gasteiger partial charge is 0.497 e. The number of methoxy groups -OCH3 is 2. The normalized spacial score (nSPS) is 20.1. The first-order chi connectivity index (χ1) is 12.4. The van der Waals surface area contributed by atoms with E-state index in [-0.39, 0.29) is 28.9 Å². The number of hydrogen-bond acceptors (Lipinski definition) is 6. The first-order valence-electron chi connectivity index (χ1n) is 8.47. The van der Waals surface area contributed by atoms with Gasteiger partial charge in [0.15, 0.2) is 0 Å². The number of nitrogens with zero attached hydrogens (tertiary/aromatic N) is 1. The minimum atomic E-state index is -0.463. The van der Waals surface area contributed by atoms with E-state index in [1.54, 1.807) is 18.2 Å². The molecule has 0 spiro atoms. The molecule has 1 saturated heterocycles. The molecule has 2 rings (SSSR count). The lowest BCUT2D eigenvalue weighted by Gasteiger charge is -2.34. The molecule has 1 aliphatic heterocycles. The van der Waals surface area contributed by atoms with Crippen molar-refractivity contribution in [3.8, 4) is 11.5 Å². The quantitative estimate of drug-likeness (QED) is 0.731. The smallest absolute Gasteiger partial charge is 0.244 e. The lowest BCUT2D eigenvalue weighted by molar-refractivity contribution is -0.147. The second kappa shape index (κ2) is 8.93. The molecule has 0 aromatic heterocycles. The zero-order valence-corrected chi connectivity index (χ0v) is 16.2. The van der Waals surface area contributed by atoms with E-state index in [4.69, 9.17) is 9.47 Å². The van der Waals surface area contributed by atoms with Crippen LogP contribution in [0.25, 0.3) is 0 Å². The van der Waals surface area contributed by atoms with E-state index >= 15 is 0 Å². The summed E-state index contributed by atoms with van der Waals surface area (Å²) >= 11 is 1.38. The average Bonchev–Trinajstić information content (AvgIpc) is 2.65. The van der Waals surface area contributed by atoms with Crippen LogP contribution in [0.3, 0.4) is 0 Å². The highest BCUT2D eigenvalue weighted by atomic mass is 32.2. The van der Waals surface area contributed by atoms with E-state index in [1.165, 1.54) is 26.0 Å². The number of hydrogen-bond donors (Lipinski definition) is 1. The van der Waals surface area contributed by atoms with Crippen molar-refractivity contribution in [2.45, 2.75) is 37.2 Å². The van der Waals surface area contributed by atoms with Crippen LogP contribution in [0.2, 0.25) is 0 Å². The molecule has 0 bridgehead atoms. The van der Waals surface area contributed by atoms with E-state index in [9.17, 15) is 14.4 Å². The van der Waals surface area contributed by atoms with Crippen molar-refractivity contribution in [3.05, 3.63) is 18.2 Å². The van der Waals surface area contributed by atoms with Crippen LogP contribution < -0.4 is 14.8 Å². The van der Waals surface area contributed by atoms with Crippen molar-refractivity contribution in [1.29, 1.82) is 0 Å². The maximum atomic E-state index is 12.5. The van der Waals surface area contributed by atoms with Crippen LogP contribution in [0, 0.1) is 0 Å². The topological polar surface area (TPSA) is 84.9 Å². The predicted molar refractivity (Wildman–Crippen MR) is 101 cm³/mol. The van der Waals surface area contributed by atoms with Gasteiger partial charge in [-0.1, -0.05) is 13.8 Å². The third kappa shape index (κ3) is 4.30. The van der Waals surface area contributed by atoms with Crippen molar-refractivity contribution >= 4 is 35.2 Å². The molecule has 1 aliphatic rings. The number of anilines is 1. The lowest BCUT2D eigenvalue weighted by atomic mass is 10.2. The van der Waals surface area contributed by atoms with Gasteiger partial charge in [0.2, 0.25) is 17.7 Å². The highest BCUT2D eigenvalue weighted by Gasteiger charge is 2.40. The highest BCUT2D eigenvalue weighted by molar-refractivity contribution is 8.02. The van der Waals surface area contributed by atoms with Crippen LogP contribution in [0.4, 0.5) is 5.69 Å². The van der Waals surface area contributed by atoms with Gasteiger partial charge in [-0.15, -0.1) is 11.8 Å². The number of ether oxygens (including phenoxy) is 2. The summed E-state index contributed by atoms with van der Waals surface area (Å²) in [6.07, 6.45) is 1.24. The molecular formula is C18H24N2O5S. The van der Waals surface area contributed by atoms with Crippen molar-refractivity contribution in [2.24, 2.45) is 0 Å².